The van der Waals surface area contributed by atoms with Crippen LogP contribution in [0.25, 0.3) is 0 Å². The third kappa shape index (κ3) is 7.93. The van der Waals surface area contributed by atoms with Gasteiger partial charge in [-0.15, -0.1) is 0 Å². The van der Waals surface area contributed by atoms with Crippen LogP contribution in [0.15, 0.2) is 41.7 Å². The summed E-state index contributed by atoms with van der Waals surface area (Å²) in [7, 11) is 0. The number of pyridine rings is 1. The summed E-state index contributed by atoms with van der Waals surface area (Å²) in [5.41, 5.74) is 3.74. The van der Waals surface area contributed by atoms with Crippen molar-refractivity contribution in [3.05, 3.63) is 59.2 Å². The summed E-state index contributed by atoms with van der Waals surface area (Å²) < 4.78 is 93.5. The van der Waals surface area contributed by atoms with E-state index in [4.69, 9.17) is 20.4 Å². The number of alkyl halides is 6. The van der Waals surface area contributed by atoms with Gasteiger partial charge in [0.05, 0.1) is 35.2 Å². The standard InChI is InChI=1S/C28H31F4N5O3.C2HF3O2/c1-26(2)12-20(38)37(25(33)36-26)22(14-6-5-9-34-13-14)15-10-16(15)24(39)35-19-11-27(3,4)40-23-17(28(30,31)32)7-8-18(29)21(19)23;3-2(4,5)1(6)7/h5-9,13,15-16,19,22H,10-12H2,1-4H3,(H2,33,36)(H,35,39);(H,6,7)/t15-,16-,19?,22+;/m1./s1. The molecule has 17 heteroatoms. The number of guanidine groups is 1. The highest BCUT2D eigenvalue weighted by Gasteiger charge is 2.54. The number of aliphatic carboxylic acids is 1. The van der Waals surface area contributed by atoms with Crippen molar-refractivity contribution in [1.82, 2.24) is 15.2 Å². The number of ether oxygens (including phenoxy) is 1. The number of carboxylic acids is 1. The molecular weight excluding hydrogens is 643 g/mol. The molecule has 1 unspecified atom stereocenters. The van der Waals surface area contributed by atoms with Crippen molar-refractivity contribution < 1.29 is 55.0 Å². The first-order valence-corrected chi connectivity index (χ1v) is 14.3. The summed E-state index contributed by atoms with van der Waals surface area (Å²) in [4.78, 5) is 45.7. The molecular formula is C30H32F7N5O5. The van der Waals surface area contributed by atoms with Crippen LogP contribution in [0.1, 0.15) is 75.7 Å². The van der Waals surface area contributed by atoms with E-state index < -0.39 is 70.5 Å². The van der Waals surface area contributed by atoms with Crippen LogP contribution in [0.5, 0.6) is 5.75 Å². The zero-order valence-corrected chi connectivity index (χ0v) is 25.5. The van der Waals surface area contributed by atoms with E-state index in [1.807, 2.05) is 0 Å². The van der Waals surface area contributed by atoms with E-state index in [1.54, 1.807) is 52.2 Å². The maximum Gasteiger partial charge on any atom is 0.490 e. The Kier molecular flexibility index (Phi) is 9.27. The topological polar surface area (TPSA) is 147 Å². The Labute approximate surface area is 264 Å². The molecule has 1 aliphatic carbocycles. The maximum atomic E-state index is 14.9. The molecule has 2 amide bonds. The van der Waals surface area contributed by atoms with Gasteiger partial charge in [-0.3, -0.25) is 19.5 Å². The first-order valence-electron chi connectivity index (χ1n) is 14.3. The molecule has 1 saturated carbocycles. The lowest BCUT2D eigenvalue weighted by Crippen LogP contribution is -2.52. The quantitative estimate of drug-likeness (QED) is 0.365. The second-order valence-electron chi connectivity index (χ2n) is 12.7. The number of aromatic nitrogens is 1. The lowest BCUT2D eigenvalue weighted by molar-refractivity contribution is -0.192. The molecule has 256 valence electrons. The number of aliphatic imine (C=N–C) groups is 1. The van der Waals surface area contributed by atoms with Crippen LogP contribution < -0.4 is 15.8 Å². The number of halogens is 7. The molecule has 1 fully saturated rings. The smallest absolute Gasteiger partial charge is 0.487 e. The predicted molar refractivity (Wildman–Crippen MR) is 151 cm³/mol. The molecule has 3 aliphatic rings. The van der Waals surface area contributed by atoms with E-state index in [9.17, 15) is 40.3 Å². The van der Waals surface area contributed by atoms with Crippen molar-refractivity contribution in [2.24, 2.45) is 22.6 Å². The first-order chi connectivity index (χ1) is 21.5. The Balaban J connectivity index is 0.000000644. The average Bonchev–Trinajstić information content (AvgIpc) is 3.69. The number of amides is 2. The molecule has 4 N–H and O–H groups in total. The number of hydrogen-bond donors (Lipinski definition) is 3. The second kappa shape index (κ2) is 12.3. The van der Waals surface area contributed by atoms with Crippen LogP contribution in [0, 0.1) is 17.7 Å². The summed E-state index contributed by atoms with van der Waals surface area (Å²) in [5, 5.41) is 9.91. The van der Waals surface area contributed by atoms with E-state index in [-0.39, 0.29) is 36.2 Å². The SMILES string of the molecule is CC1(C)CC(=O)N([C@@H](c2cccnc2)[C@@H]2C[C@H]2C(=O)NC2CC(C)(C)Oc3c(C(F)(F)F)ccc(F)c32)C(N)=N1.O=C(O)C(F)(F)F. The maximum absolute atomic E-state index is 14.9. The minimum absolute atomic E-state index is 0.0445. The van der Waals surface area contributed by atoms with Gasteiger partial charge >= 0.3 is 18.3 Å². The van der Waals surface area contributed by atoms with E-state index in [0.29, 0.717) is 18.1 Å². The van der Waals surface area contributed by atoms with Crippen LogP contribution in [0.4, 0.5) is 30.7 Å². The van der Waals surface area contributed by atoms with Gasteiger partial charge in [0.1, 0.15) is 17.2 Å². The molecule has 0 bridgehead atoms. The summed E-state index contributed by atoms with van der Waals surface area (Å²) in [5.74, 6) is -5.86. The Morgan fingerprint density at radius 3 is 2.30 bits per heavy atom. The van der Waals surface area contributed by atoms with Gasteiger partial charge in [0.25, 0.3) is 0 Å². The van der Waals surface area contributed by atoms with Crippen molar-refractivity contribution >= 4 is 23.7 Å². The monoisotopic (exact) mass is 675 g/mol. The number of benzene rings is 1. The number of carbonyl (C=O) groups is 3. The molecule has 47 heavy (non-hydrogen) atoms. The Morgan fingerprint density at radius 1 is 1.13 bits per heavy atom. The van der Waals surface area contributed by atoms with Gasteiger partial charge in [0, 0.05) is 24.7 Å². The zero-order valence-electron chi connectivity index (χ0n) is 25.5. The molecule has 0 spiro atoms. The third-order valence-electron chi connectivity index (χ3n) is 7.83. The number of carboxylic acid groups (broad SMARTS) is 1. The van der Waals surface area contributed by atoms with Crippen LogP contribution in [0.3, 0.4) is 0 Å². The van der Waals surface area contributed by atoms with Crippen LogP contribution in [0.2, 0.25) is 0 Å². The van der Waals surface area contributed by atoms with Crippen molar-refractivity contribution in [1.29, 1.82) is 0 Å². The Hall–Kier alpha value is -4.44. The third-order valence-corrected chi connectivity index (χ3v) is 7.83. The van der Waals surface area contributed by atoms with Crippen molar-refractivity contribution in [2.45, 2.75) is 82.5 Å². The van der Waals surface area contributed by atoms with Crippen molar-refractivity contribution in [2.75, 3.05) is 0 Å². The lowest BCUT2D eigenvalue weighted by atomic mass is 9.87. The van der Waals surface area contributed by atoms with E-state index in [1.165, 1.54) is 4.90 Å². The fourth-order valence-electron chi connectivity index (χ4n) is 5.83. The summed E-state index contributed by atoms with van der Waals surface area (Å²) >= 11 is 0. The minimum atomic E-state index is -5.08. The van der Waals surface area contributed by atoms with Gasteiger partial charge in [0.2, 0.25) is 11.8 Å². The molecule has 10 nitrogen and oxygen atoms in total. The Bertz CT molecular complexity index is 1580. The number of nitrogens with two attached hydrogens (primary N) is 1. The van der Waals surface area contributed by atoms with Crippen molar-refractivity contribution in [3.63, 3.8) is 0 Å². The number of carbonyl (C=O) groups excluding carboxylic acids is 2. The van der Waals surface area contributed by atoms with Crippen molar-refractivity contribution in [3.8, 4) is 5.75 Å². The molecule has 4 atom stereocenters. The van der Waals surface area contributed by atoms with E-state index in [2.05, 4.69) is 15.3 Å². The zero-order chi connectivity index (χ0) is 35.3. The number of nitrogens with zero attached hydrogens (tertiary/aromatic N) is 3. The number of fused-ring (bicyclic) bond motifs is 1. The highest BCUT2D eigenvalue weighted by atomic mass is 19.4. The van der Waals surface area contributed by atoms with Gasteiger partial charge in [0.15, 0.2) is 5.96 Å². The normalized spacial score (nSPS) is 23.6. The number of hydrogen-bond acceptors (Lipinski definition) is 7. The molecule has 2 aliphatic heterocycles. The molecule has 3 heterocycles. The fourth-order valence-corrected chi connectivity index (χ4v) is 5.83. The van der Waals surface area contributed by atoms with Crippen LogP contribution in [-0.4, -0.2) is 56.0 Å². The van der Waals surface area contributed by atoms with Gasteiger partial charge in [-0.25, -0.2) is 14.2 Å². The van der Waals surface area contributed by atoms with Crippen LogP contribution >= 0.6 is 0 Å². The fraction of sp³-hybridized carbons (Fsp3) is 0.500. The first kappa shape index (κ1) is 35.4. The summed E-state index contributed by atoms with van der Waals surface area (Å²) in [6, 6.07) is 3.22. The Morgan fingerprint density at radius 2 is 1.77 bits per heavy atom. The minimum Gasteiger partial charge on any atom is -0.487 e. The number of nitrogens with one attached hydrogen (secondary N) is 1. The molecule has 1 aromatic heterocycles. The predicted octanol–water partition coefficient (Wildman–Crippen LogP) is 5.29. The lowest BCUT2D eigenvalue weighted by Gasteiger charge is -2.39. The highest BCUT2D eigenvalue weighted by Crippen LogP contribution is 2.52. The molecule has 1 aromatic carbocycles. The molecule has 0 radical (unpaired) electrons. The average molecular weight is 676 g/mol. The van der Waals surface area contributed by atoms with E-state index >= 15 is 0 Å². The van der Waals surface area contributed by atoms with Crippen LogP contribution in [-0.2, 0) is 20.6 Å². The van der Waals surface area contributed by atoms with Gasteiger partial charge in [-0.05, 0) is 63.8 Å². The van der Waals surface area contributed by atoms with E-state index in [0.717, 1.165) is 6.07 Å². The summed E-state index contributed by atoms with van der Waals surface area (Å²) in [6.07, 6.45) is -6.09. The van der Waals surface area contributed by atoms with Gasteiger partial charge in [-0.2, -0.15) is 26.3 Å². The molecule has 5 rings (SSSR count). The molecule has 2 aromatic rings. The molecule has 0 saturated heterocycles. The summed E-state index contributed by atoms with van der Waals surface area (Å²) in [6.45, 7) is 6.78. The van der Waals surface area contributed by atoms with Gasteiger partial charge in [-0.1, -0.05) is 6.07 Å². The largest absolute Gasteiger partial charge is 0.490 e. The second-order valence-corrected chi connectivity index (χ2v) is 12.7. The highest BCUT2D eigenvalue weighted by molar-refractivity contribution is 5.99. The number of rotatable bonds is 5. The van der Waals surface area contributed by atoms with Gasteiger partial charge < -0.3 is 20.9 Å².